The number of nitrogens with two attached hydrogens (primary N) is 1. The molecule has 1 aromatic rings. The molecule has 2 amide bonds. The number of nitrogens with zero attached hydrogens (tertiary/aromatic N) is 2. The Balaban J connectivity index is 1.28. The Morgan fingerprint density at radius 1 is 0.968 bits per heavy atom. The van der Waals surface area contributed by atoms with Crippen molar-refractivity contribution in [3.8, 4) is 0 Å². The average Bonchev–Trinajstić information content (AvgIpc) is 2.75. The minimum Gasteiger partial charge on any atom is -0.369 e. The minimum atomic E-state index is -2.66. The first-order chi connectivity index (χ1) is 14.8. The number of hydrogen-bond donors (Lipinski definition) is 2. The van der Waals surface area contributed by atoms with Gasteiger partial charge in [-0.05, 0) is 49.8 Å². The fourth-order valence-corrected chi connectivity index (χ4v) is 5.06. The summed E-state index contributed by atoms with van der Waals surface area (Å²) in [4.78, 5) is 27.5. The smallest absolute Gasteiger partial charge is 0.263 e. The highest BCUT2D eigenvalue weighted by Crippen LogP contribution is 2.37. The molecular weight excluding hydrogens is 402 g/mol. The van der Waals surface area contributed by atoms with Crippen molar-refractivity contribution in [2.75, 3.05) is 37.6 Å². The molecule has 0 aromatic heterocycles. The van der Waals surface area contributed by atoms with Gasteiger partial charge >= 0.3 is 0 Å². The maximum atomic E-state index is 14.8. The predicted molar refractivity (Wildman–Crippen MR) is 115 cm³/mol. The van der Waals surface area contributed by atoms with Gasteiger partial charge in [-0.1, -0.05) is 12.1 Å². The fraction of sp³-hybridized carbons (Fsp3) is 0.652. The van der Waals surface area contributed by atoms with Crippen LogP contribution in [0.1, 0.15) is 50.0 Å². The van der Waals surface area contributed by atoms with Crippen LogP contribution in [-0.4, -0.2) is 61.4 Å². The van der Waals surface area contributed by atoms with Crippen LogP contribution in [0.25, 0.3) is 0 Å². The Bertz CT molecular complexity index is 785. The van der Waals surface area contributed by atoms with Gasteiger partial charge in [0, 0.05) is 50.2 Å². The number of benzene rings is 1. The lowest BCUT2D eigenvalue weighted by atomic mass is 9.82. The number of rotatable bonds is 5. The summed E-state index contributed by atoms with van der Waals surface area (Å²) in [7, 11) is 0. The number of piperazine rings is 1. The molecule has 170 valence electrons. The summed E-state index contributed by atoms with van der Waals surface area (Å²) < 4.78 is 29.5. The van der Waals surface area contributed by atoms with Crippen LogP contribution in [-0.2, 0) is 9.59 Å². The number of halogens is 2. The van der Waals surface area contributed by atoms with Crippen LogP contribution >= 0.6 is 0 Å². The molecule has 2 aliphatic heterocycles. The zero-order valence-corrected chi connectivity index (χ0v) is 17.9. The summed E-state index contributed by atoms with van der Waals surface area (Å²) in [6.07, 6.45) is 3.33. The molecule has 0 spiro atoms. The predicted octanol–water partition coefficient (Wildman–Crippen LogP) is 2.48. The van der Waals surface area contributed by atoms with Gasteiger partial charge in [-0.2, -0.15) is 0 Å². The van der Waals surface area contributed by atoms with E-state index in [2.05, 4.69) is 10.2 Å². The SMILES string of the molecule is NC1CCC(C(F)(F)CN2CCN(c3ccc(C4CCC(=O)NC4=O)cc3)CC2)CC1. The lowest BCUT2D eigenvalue weighted by Gasteiger charge is -2.40. The lowest BCUT2D eigenvalue weighted by molar-refractivity contribution is -0.134. The van der Waals surface area contributed by atoms with Crippen molar-refractivity contribution in [2.24, 2.45) is 11.7 Å². The standard InChI is InChI=1S/C23H32F2N4O2/c24-23(25,17-3-5-18(26)6-4-17)15-28-11-13-29(14-12-28)19-7-1-16(2-8-19)20-9-10-21(30)27-22(20)31/h1-2,7-8,17-18,20H,3-6,9-15,26H2,(H,27,30,31). The van der Waals surface area contributed by atoms with E-state index in [0.717, 1.165) is 11.3 Å². The van der Waals surface area contributed by atoms with Gasteiger partial charge in [0.1, 0.15) is 0 Å². The second-order valence-corrected chi connectivity index (χ2v) is 9.23. The van der Waals surface area contributed by atoms with Crippen LogP contribution in [0, 0.1) is 5.92 Å². The monoisotopic (exact) mass is 434 g/mol. The van der Waals surface area contributed by atoms with Crippen LogP contribution < -0.4 is 16.0 Å². The van der Waals surface area contributed by atoms with Gasteiger partial charge in [-0.15, -0.1) is 0 Å². The molecule has 31 heavy (non-hydrogen) atoms. The molecule has 1 saturated carbocycles. The van der Waals surface area contributed by atoms with E-state index in [9.17, 15) is 18.4 Å². The van der Waals surface area contributed by atoms with E-state index in [1.54, 1.807) is 0 Å². The van der Waals surface area contributed by atoms with E-state index in [1.807, 2.05) is 29.2 Å². The van der Waals surface area contributed by atoms with E-state index in [-0.39, 0.29) is 30.3 Å². The number of alkyl halides is 2. The van der Waals surface area contributed by atoms with Crippen LogP contribution in [0.3, 0.4) is 0 Å². The Labute approximate surface area is 182 Å². The van der Waals surface area contributed by atoms with Gasteiger partial charge in [-0.25, -0.2) is 8.78 Å². The zero-order valence-electron chi connectivity index (χ0n) is 17.9. The molecular formula is C23H32F2N4O2. The van der Waals surface area contributed by atoms with E-state index >= 15 is 0 Å². The quantitative estimate of drug-likeness (QED) is 0.697. The van der Waals surface area contributed by atoms with E-state index in [0.29, 0.717) is 64.7 Å². The summed E-state index contributed by atoms with van der Waals surface area (Å²) in [6, 6.07) is 7.91. The van der Waals surface area contributed by atoms with Crippen molar-refractivity contribution in [1.29, 1.82) is 0 Å². The first-order valence-electron chi connectivity index (χ1n) is 11.4. The number of hydrogen-bond acceptors (Lipinski definition) is 5. The van der Waals surface area contributed by atoms with E-state index in [1.165, 1.54) is 0 Å². The number of nitrogens with one attached hydrogen (secondary N) is 1. The van der Waals surface area contributed by atoms with Gasteiger partial charge in [0.15, 0.2) is 0 Å². The van der Waals surface area contributed by atoms with Crippen LogP contribution in [0.5, 0.6) is 0 Å². The molecule has 4 rings (SSSR count). The molecule has 1 aliphatic carbocycles. The molecule has 2 heterocycles. The van der Waals surface area contributed by atoms with Crippen LogP contribution in [0.15, 0.2) is 24.3 Å². The molecule has 1 unspecified atom stereocenters. The second-order valence-electron chi connectivity index (χ2n) is 9.23. The van der Waals surface area contributed by atoms with Gasteiger partial charge in [0.25, 0.3) is 5.92 Å². The van der Waals surface area contributed by atoms with Crippen molar-refractivity contribution in [1.82, 2.24) is 10.2 Å². The first kappa shape index (κ1) is 22.1. The number of amides is 2. The molecule has 3 N–H and O–H groups in total. The van der Waals surface area contributed by atoms with Crippen molar-refractivity contribution >= 4 is 17.5 Å². The number of carbonyl (C=O) groups is 2. The van der Waals surface area contributed by atoms with Crippen molar-refractivity contribution in [2.45, 2.75) is 56.4 Å². The Morgan fingerprint density at radius 3 is 2.23 bits per heavy atom. The lowest BCUT2D eigenvalue weighted by Crippen LogP contribution is -2.52. The number of anilines is 1. The van der Waals surface area contributed by atoms with Crippen molar-refractivity contribution < 1.29 is 18.4 Å². The normalized spacial score (nSPS) is 28.5. The number of piperidine rings is 1. The Hall–Kier alpha value is -2.06. The third-order valence-electron chi connectivity index (χ3n) is 7.08. The summed E-state index contributed by atoms with van der Waals surface area (Å²) in [5.41, 5.74) is 7.80. The topological polar surface area (TPSA) is 78.7 Å². The van der Waals surface area contributed by atoms with Gasteiger partial charge in [0.05, 0.1) is 12.5 Å². The molecule has 1 aromatic carbocycles. The molecule has 0 radical (unpaired) electrons. The van der Waals surface area contributed by atoms with Gasteiger partial charge in [0.2, 0.25) is 11.8 Å². The minimum absolute atomic E-state index is 0.0805. The molecule has 0 bridgehead atoms. The summed E-state index contributed by atoms with van der Waals surface area (Å²) in [5.74, 6) is -3.96. The second kappa shape index (κ2) is 9.20. The first-order valence-corrected chi connectivity index (χ1v) is 11.4. The fourth-order valence-electron chi connectivity index (χ4n) is 5.06. The summed E-state index contributed by atoms with van der Waals surface area (Å²) in [5, 5.41) is 2.39. The van der Waals surface area contributed by atoms with Crippen molar-refractivity contribution in [3.63, 3.8) is 0 Å². The highest BCUT2D eigenvalue weighted by Gasteiger charge is 2.42. The highest BCUT2D eigenvalue weighted by atomic mass is 19.3. The number of carbonyl (C=O) groups excluding carboxylic acids is 2. The average molecular weight is 435 g/mol. The van der Waals surface area contributed by atoms with Gasteiger partial charge < -0.3 is 10.6 Å². The van der Waals surface area contributed by atoms with E-state index < -0.39 is 11.8 Å². The largest absolute Gasteiger partial charge is 0.369 e. The van der Waals surface area contributed by atoms with Crippen LogP contribution in [0.4, 0.5) is 14.5 Å². The molecule has 2 saturated heterocycles. The van der Waals surface area contributed by atoms with Gasteiger partial charge in [-0.3, -0.25) is 19.8 Å². The van der Waals surface area contributed by atoms with Crippen LogP contribution in [0.2, 0.25) is 0 Å². The highest BCUT2D eigenvalue weighted by molar-refractivity contribution is 6.00. The molecule has 3 aliphatic rings. The molecule has 3 fully saturated rings. The summed E-state index contributed by atoms with van der Waals surface area (Å²) in [6.45, 7) is 2.44. The maximum Gasteiger partial charge on any atom is 0.263 e. The third-order valence-corrected chi connectivity index (χ3v) is 7.08. The Kier molecular flexibility index (Phi) is 6.57. The van der Waals surface area contributed by atoms with E-state index in [4.69, 9.17) is 5.73 Å². The number of imide groups is 1. The molecule has 6 nitrogen and oxygen atoms in total. The third kappa shape index (κ3) is 5.23. The molecule has 8 heteroatoms. The molecule has 1 atom stereocenters. The van der Waals surface area contributed by atoms with Crippen molar-refractivity contribution in [3.05, 3.63) is 29.8 Å². The maximum absolute atomic E-state index is 14.8. The Morgan fingerprint density at radius 2 is 1.61 bits per heavy atom. The summed E-state index contributed by atoms with van der Waals surface area (Å²) >= 11 is 0. The zero-order chi connectivity index (χ0) is 22.0.